The van der Waals surface area contributed by atoms with E-state index in [0.29, 0.717) is 5.75 Å². The largest absolute Gasteiger partial charge is 0.300 e. The van der Waals surface area contributed by atoms with E-state index in [1.54, 1.807) is 30.4 Å². The van der Waals surface area contributed by atoms with E-state index in [4.69, 9.17) is 11.7 Å². The maximum Gasteiger partial charge on any atom is 0.238 e. The first-order chi connectivity index (χ1) is 11.3. The lowest BCUT2D eigenvalue weighted by Crippen LogP contribution is -2.40. The molecule has 0 fully saturated rings. The Morgan fingerprint density at radius 3 is 1.92 bits per heavy atom. The Balaban J connectivity index is 4.07. The molecule has 2 atom stereocenters. The Morgan fingerprint density at radius 1 is 0.958 bits per heavy atom. The maximum atomic E-state index is 11.6. The Bertz CT molecular complexity index is 446. The molecule has 0 heterocycles. The molecular formula is C15H28N4O3S2. The molecule has 0 saturated heterocycles. The number of hydrogen-bond acceptors (Lipinski definition) is 7. The van der Waals surface area contributed by atoms with Gasteiger partial charge in [0, 0.05) is 35.4 Å². The van der Waals surface area contributed by atoms with Gasteiger partial charge in [0.2, 0.25) is 11.8 Å². The lowest BCUT2D eigenvalue weighted by Gasteiger charge is -2.15. The van der Waals surface area contributed by atoms with Crippen LogP contribution < -0.4 is 22.5 Å². The molecule has 2 unspecified atom stereocenters. The molecule has 0 spiro atoms. The van der Waals surface area contributed by atoms with Gasteiger partial charge in [0.1, 0.15) is 5.78 Å². The van der Waals surface area contributed by atoms with E-state index in [2.05, 4.69) is 12.0 Å². The van der Waals surface area contributed by atoms with Gasteiger partial charge in [-0.3, -0.25) is 25.2 Å². The summed E-state index contributed by atoms with van der Waals surface area (Å²) in [6, 6.07) is 0. The summed E-state index contributed by atoms with van der Waals surface area (Å²) in [6.07, 6.45) is 0.729. The van der Waals surface area contributed by atoms with Crippen molar-refractivity contribution in [1.82, 2.24) is 10.9 Å². The first-order valence-corrected chi connectivity index (χ1v) is 9.92. The third kappa shape index (κ3) is 10.7. The van der Waals surface area contributed by atoms with Crippen molar-refractivity contribution in [3.05, 3.63) is 12.2 Å². The summed E-state index contributed by atoms with van der Waals surface area (Å²) < 4.78 is 0. The van der Waals surface area contributed by atoms with Gasteiger partial charge in [-0.25, -0.2) is 11.7 Å². The maximum absolute atomic E-state index is 11.6. The SMILES string of the molecule is C=C(C)CC(CSCCSCC(CC(=O)NN)C(=O)NN)C(C)=O. The summed E-state index contributed by atoms with van der Waals surface area (Å²) in [7, 11) is 0. The molecule has 0 aromatic heterocycles. The lowest BCUT2D eigenvalue weighted by molar-refractivity contribution is -0.129. The van der Waals surface area contributed by atoms with Crippen LogP contribution in [0, 0.1) is 11.8 Å². The average molecular weight is 377 g/mol. The van der Waals surface area contributed by atoms with Gasteiger partial charge in [-0.2, -0.15) is 23.5 Å². The highest BCUT2D eigenvalue weighted by Gasteiger charge is 2.21. The second-order valence-corrected chi connectivity index (χ2v) is 7.90. The van der Waals surface area contributed by atoms with Crippen molar-refractivity contribution in [3.63, 3.8) is 0 Å². The van der Waals surface area contributed by atoms with Gasteiger partial charge in [0.15, 0.2) is 0 Å². The van der Waals surface area contributed by atoms with Crippen LogP contribution in [0.25, 0.3) is 0 Å². The molecule has 138 valence electrons. The summed E-state index contributed by atoms with van der Waals surface area (Å²) in [5.41, 5.74) is 5.09. The third-order valence-electron chi connectivity index (χ3n) is 3.29. The summed E-state index contributed by atoms with van der Waals surface area (Å²) in [5, 5.41) is 0. The second-order valence-electron chi connectivity index (χ2n) is 5.60. The van der Waals surface area contributed by atoms with Gasteiger partial charge in [-0.05, 0) is 20.3 Å². The number of Topliss-reactive ketones (excluding diaryl/α,β-unsaturated/α-hetero) is 1. The number of nitrogens with one attached hydrogen (secondary N) is 2. The van der Waals surface area contributed by atoms with Crippen LogP contribution in [0.3, 0.4) is 0 Å². The molecule has 0 aliphatic carbocycles. The number of carbonyl (C=O) groups excluding carboxylic acids is 3. The van der Waals surface area contributed by atoms with Gasteiger partial charge in [0.25, 0.3) is 0 Å². The molecule has 2 amide bonds. The fourth-order valence-electron chi connectivity index (χ4n) is 1.94. The average Bonchev–Trinajstić information content (AvgIpc) is 2.53. The van der Waals surface area contributed by atoms with Crippen LogP contribution in [0.15, 0.2) is 12.2 Å². The molecule has 6 N–H and O–H groups in total. The fraction of sp³-hybridized carbons (Fsp3) is 0.667. The normalized spacial score (nSPS) is 13.0. The Hall–Kier alpha value is -1.03. The topological polar surface area (TPSA) is 127 Å². The molecular weight excluding hydrogens is 348 g/mol. The minimum Gasteiger partial charge on any atom is -0.300 e. The molecule has 9 heteroatoms. The second kappa shape index (κ2) is 13.3. The zero-order chi connectivity index (χ0) is 18.5. The van der Waals surface area contributed by atoms with E-state index in [9.17, 15) is 14.4 Å². The van der Waals surface area contributed by atoms with Crippen LogP contribution in [-0.4, -0.2) is 40.6 Å². The molecule has 24 heavy (non-hydrogen) atoms. The van der Waals surface area contributed by atoms with Crippen molar-refractivity contribution in [3.8, 4) is 0 Å². The quantitative estimate of drug-likeness (QED) is 0.122. The van der Waals surface area contributed by atoms with E-state index < -0.39 is 11.8 Å². The van der Waals surface area contributed by atoms with Gasteiger partial charge < -0.3 is 0 Å². The number of hydrogen-bond donors (Lipinski definition) is 4. The van der Waals surface area contributed by atoms with Crippen LogP contribution in [0.1, 0.15) is 26.7 Å². The smallest absolute Gasteiger partial charge is 0.238 e. The highest BCUT2D eigenvalue weighted by molar-refractivity contribution is 8.02. The number of allylic oxidation sites excluding steroid dienone is 1. The Labute approximate surface area is 152 Å². The van der Waals surface area contributed by atoms with Crippen molar-refractivity contribution in [2.45, 2.75) is 26.7 Å². The summed E-state index contributed by atoms with van der Waals surface area (Å²) in [6.45, 7) is 7.39. The van der Waals surface area contributed by atoms with Crippen molar-refractivity contribution < 1.29 is 14.4 Å². The van der Waals surface area contributed by atoms with Crippen LogP contribution in [0.4, 0.5) is 0 Å². The van der Waals surface area contributed by atoms with Gasteiger partial charge in [0.05, 0.1) is 5.92 Å². The van der Waals surface area contributed by atoms with Crippen molar-refractivity contribution >= 4 is 41.1 Å². The van der Waals surface area contributed by atoms with E-state index in [-0.39, 0.29) is 24.0 Å². The van der Waals surface area contributed by atoms with E-state index in [1.165, 1.54) is 0 Å². The number of rotatable bonds is 13. The molecule has 0 rings (SSSR count). The van der Waals surface area contributed by atoms with Crippen molar-refractivity contribution in [2.24, 2.45) is 23.5 Å². The Morgan fingerprint density at radius 2 is 1.50 bits per heavy atom. The molecule has 0 radical (unpaired) electrons. The minimum absolute atomic E-state index is 0.00466. The molecule has 0 bridgehead atoms. The van der Waals surface area contributed by atoms with Crippen LogP contribution in [0.2, 0.25) is 0 Å². The standard InChI is InChI=1S/C15H28N4O3S2/c1-10(2)6-12(11(3)20)8-23-4-5-24-9-13(15(22)19-17)7-14(21)18-16/h12-13H,1,4-9,16-17H2,2-3H3,(H,18,21)(H,19,22). The monoisotopic (exact) mass is 376 g/mol. The number of ketones is 1. The van der Waals surface area contributed by atoms with Crippen LogP contribution in [-0.2, 0) is 14.4 Å². The molecule has 0 saturated carbocycles. The highest BCUT2D eigenvalue weighted by Crippen LogP contribution is 2.19. The highest BCUT2D eigenvalue weighted by atomic mass is 32.2. The predicted molar refractivity (Wildman–Crippen MR) is 101 cm³/mol. The van der Waals surface area contributed by atoms with Crippen molar-refractivity contribution in [1.29, 1.82) is 0 Å². The van der Waals surface area contributed by atoms with Gasteiger partial charge in [-0.15, -0.1) is 6.58 Å². The predicted octanol–water partition coefficient (Wildman–Crippen LogP) is 0.610. The fourth-order valence-corrected chi connectivity index (χ4v) is 4.40. The van der Waals surface area contributed by atoms with Crippen molar-refractivity contribution in [2.75, 3.05) is 23.0 Å². The zero-order valence-electron chi connectivity index (χ0n) is 14.3. The van der Waals surface area contributed by atoms with E-state index in [1.807, 2.05) is 12.3 Å². The third-order valence-corrected chi connectivity index (χ3v) is 5.81. The number of nitrogens with two attached hydrogens (primary N) is 2. The minimum atomic E-state index is -0.512. The number of thioether (sulfide) groups is 2. The summed E-state index contributed by atoms with van der Waals surface area (Å²) in [4.78, 5) is 34.5. The first kappa shape index (κ1) is 23.0. The summed E-state index contributed by atoms with van der Waals surface area (Å²) in [5.74, 6) is 12.0. The van der Waals surface area contributed by atoms with Crippen LogP contribution in [0.5, 0.6) is 0 Å². The number of carbonyl (C=O) groups is 3. The molecule has 0 aliphatic heterocycles. The first-order valence-electron chi connectivity index (χ1n) is 7.62. The Kier molecular flexibility index (Phi) is 12.7. The number of amides is 2. The number of hydrazine groups is 2. The summed E-state index contributed by atoms with van der Waals surface area (Å²) >= 11 is 3.28. The molecule has 0 aromatic rings. The lowest BCUT2D eigenvalue weighted by atomic mass is 10.00. The zero-order valence-corrected chi connectivity index (χ0v) is 15.9. The van der Waals surface area contributed by atoms with Crippen LogP contribution >= 0.6 is 23.5 Å². The van der Waals surface area contributed by atoms with E-state index in [0.717, 1.165) is 29.3 Å². The van der Waals surface area contributed by atoms with Gasteiger partial charge >= 0.3 is 0 Å². The molecule has 0 aromatic carbocycles. The van der Waals surface area contributed by atoms with E-state index >= 15 is 0 Å². The molecule has 0 aliphatic rings. The van der Waals surface area contributed by atoms with Gasteiger partial charge in [-0.1, -0.05) is 5.57 Å². The molecule has 7 nitrogen and oxygen atoms in total.